The number of carbonyl (C=O) groups excluding carboxylic acids is 2. The van der Waals surface area contributed by atoms with Crippen LogP contribution >= 0.6 is 0 Å². The van der Waals surface area contributed by atoms with E-state index in [1.807, 2.05) is 0 Å². The number of carbonyl (C=O) groups is 2. The minimum atomic E-state index is -0.504. The molecule has 1 aromatic rings. The predicted molar refractivity (Wildman–Crippen MR) is 62.2 cm³/mol. The summed E-state index contributed by atoms with van der Waals surface area (Å²) in [4.78, 5) is 21.3. The third-order valence-corrected chi connectivity index (χ3v) is 1.90. The normalized spacial score (nSPS) is 10.2. The van der Waals surface area contributed by atoms with Crippen molar-refractivity contribution >= 4 is 18.0 Å². The number of ether oxygens (including phenoxy) is 2. The number of rotatable bonds is 5. The van der Waals surface area contributed by atoms with E-state index < -0.39 is 11.9 Å². The molecule has 0 bridgehead atoms. The van der Waals surface area contributed by atoms with Gasteiger partial charge in [0.1, 0.15) is 5.75 Å². The highest BCUT2D eigenvalue weighted by molar-refractivity contribution is 5.90. The summed E-state index contributed by atoms with van der Waals surface area (Å²) in [6.45, 7) is -0.132. The number of nitrogens with two attached hydrogens (primary N) is 1. The van der Waals surface area contributed by atoms with Crippen LogP contribution in [-0.2, 0) is 14.3 Å². The molecule has 1 aromatic carbocycles. The zero-order valence-electron chi connectivity index (χ0n) is 9.38. The predicted octanol–water partition coefficient (Wildman–Crippen LogP) is 0.737. The van der Waals surface area contributed by atoms with E-state index in [1.165, 1.54) is 13.2 Å². The zero-order chi connectivity index (χ0) is 12.7. The van der Waals surface area contributed by atoms with Gasteiger partial charge < -0.3 is 15.2 Å². The molecule has 5 nitrogen and oxygen atoms in total. The molecule has 0 unspecified atom stereocenters. The van der Waals surface area contributed by atoms with E-state index in [0.29, 0.717) is 5.75 Å². The fourth-order valence-electron chi connectivity index (χ4n) is 1.05. The monoisotopic (exact) mass is 235 g/mol. The van der Waals surface area contributed by atoms with Crippen molar-refractivity contribution in [3.05, 3.63) is 35.9 Å². The van der Waals surface area contributed by atoms with Crippen molar-refractivity contribution in [3.63, 3.8) is 0 Å². The molecule has 0 saturated carbocycles. The maximum Gasteiger partial charge on any atom is 0.343 e. The Labute approximate surface area is 98.8 Å². The number of hydrogen-bond acceptors (Lipinski definition) is 4. The van der Waals surface area contributed by atoms with Gasteiger partial charge in [-0.2, -0.15) is 0 Å². The molecular weight excluding hydrogens is 222 g/mol. The van der Waals surface area contributed by atoms with E-state index in [4.69, 9.17) is 10.5 Å². The van der Waals surface area contributed by atoms with Crippen LogP contribution < -0.4 is 10.5 Å². The van der Waals surface area contributed by atoms with Crippen molar-refractivity contribution in [3.8, 4) is 5.75 Å². The molecule has 1 rings (SSSR count). The highest BCUT2D eigenvalue weighted by Crippen LogP contribution is 2.13. The van der Waals surface area contributed by atoms with Gasteiger partial charge in [-0.05, 0) is 23.8 Å². The van der Waals surface area contributed by atoms with Gasteiger partial charge >= 0.3 is 5.97 Å². The molecule has 0 atom stereocenters. The van der Waals surface area contributed by atoms with Gasteiger partial charge in [0.15, 0.2) is 6.61 Å². The molecule has 5 heteroatoms. The summed E-state index contributed by atoms with van der Waals surface area (Å²) in [5.41, 5.74) is 5.78. The molecule has 0 saturated heterocycles. The zero-order valence-corrected chi connectivity index (χ0v) is 9.38. The fourth-order valence-corrected chi connectivity index (χ4v) is 1.05. The van der Waals surface area contributed by atoms with Gasteiger partial charge in [0.25, 0.3) is 0 Å². The van der Waals surface area contributed by atoms with Crippen LogP contribution in [0.4, 0.5) is 0 Å². The van der Waals surface area contributed by atoms with E-state index in [9.17, 15) is 9.59 Å². The Bertz CT molecular complexity index is 423. The summed E-state index contributed by atoms with van der Waals surface area (Å²) in [5, 5.41) is 0. The second-order valence-electron chi connectivity index (χ2n) is 3.17. The average molecular weight is 235 g/mol. The lowest BCUT2D eigenvalue weighted by atomic mass is 10.2. The molecule has 17 heavy (non-hydrogen) atoms. The minimum Gasteiger partial charge on any atom is -0.482 e. The number of primary amides is 1. The van der Waals surface area contributed by atoms with Gasteiger partial charge in [-0.1, -0.05) is 12.1 Å². The number of esters is 1. The molecule has 0 spiro atoms. The van der Waals surface area contributed by atoms with Gasteiger partial charge in [0.2, 0.25) is 5.91 Å². The molecule has 0 aliphatic heterocycles. The van der Waals surface area contributed by atoms with Crippen molar-refractivity contribution in [1.29, 1.82) is 0 Å². The Morgan fingerprint density at radius 1 is 1.29 bits per heavy atom. The maximum absolute atomic E-state index is 10.8. The lowest BCUT2D eigenvalue weighted by Gasteiger charge is -2.04. The molecule has 0 aliphatic carbocycles. The van der Waals surface area contributed by atoms with Gasteiger partial charge in [0.05, 0.1) is 7.11 Å². The molecule has 90 valence electrons. The molecule has 0 aromatic heterocycles. The molecule has 2 N–H and O–H groups in total. The van der Waals surface area contributed by atoms with E-state index >= 15 is 0 Å². The molecule has 0 heterocycles. The van der Waals surface area contributed by atoms with E-state index in [0.717, 1.165) is 5.56 Å². The second kappa shape index (κ2) is 6.32. The van der Waals surface area contributed by atoms with Crippen molar-refractivity contribution in [2.45, 2.75) is 0 Å². The van der Waals surface area contributed by atoms with Crippen LogP contribution in [-0.4, -0.2) is 25.6 Å². The maximum atomic E-state index is 10.8. The highest BCUT2D eigenvalue weighted by Gasteiger charge is 2.00. The SMILES string of the molecule is COC(=O)COc1ccc(C=CC(N)=O)cc1. The summed E-state index contributed by atoms with van der Waals surface area (Å²) in [6, 6.07) is 6.85. The highest BCUT2D eigenvalue weighted by atomic mass is 16.6. The number of hydrogen-bond donors (Lipinski definition) is 1. The van der Waals surface area contributed by atoms with Crippen LogP contribution in [0.3, 0.4) is 0 Å². The topological polar surface area (TPSA) is 78.6 Å². The number of benzene rings is 1. The standard InChI is InChI=1S/C12H13NO4/c1-16-12(15)8-17-10-5-2-9(3-6-10)4-7-11(13)14/h2-7H,8H2,1H3,(H2,13,14). The van der Waals surface area contributed by atoms with Crippen LogP contribution in [0.15, 0.2) is 30.3 Å². The Balaban J connectivity index is 2.56. The van der Waals surface area contributed by atoms with Crippen LogP contribution in [0.2, 0.25) is 0 Å². The Kier molecular flexibility index (Phi) is 4.75. The first kappa shape index (κ1) is 12.8. The van der Waals surface area contributed by atoms with E-state index in [1.54, 1.807) is 30.3 Å². The molecule has 0 radical (unpaired) electrons. The third kappa shape index (κ3) is 4.83. The first-order chi connectivity index (χ1) is 8.11. The Hall–Kier alpha value is -2.30. The molecular formula is C12H13NO4. The van der Waals surface area contributed by atoms with Crippen molar-refractivity contribution in [1.82, 2.24) is 0 Å². The smallest absolute Gasteiger partial charge is 0.343 e. The minimum absolute atomic E-state index is 0.132. The van der Waals surface area contributed by atoms with Crippen molar-refractivity contribution < 1.29 is 19.1 Å². The van der Waals surface area contributed by atoms with Crippen molar-refractivity contribution in [2.24, 2.45) is 5.73 Å². The van der Waals surface area contributed by atoms with Gasteiger partial charge in [-0.3, -0.25) is 4.79 Å². The fraction of sp³-hybridized carbons (Fsp3) is 0.167. The third-order valence-electron chi connectivity index (χ3n) is 1.90. The first-order valence-electron chi connectivity index (χ1n) is 4.89. The van der Waals surface area contributed by atoms with Crippen molar-refractivity contribution in [2.75, 3.05) is 13.7 Å². The van der Waals surface area contributed by atoms with E-state index in [2.05, 4.69) is 4.74 Å². The molecule has 0 fully saturated rings. The van der Waals surface area contributed by atoms with E-state index in [-0.39, 0.29) is 6.61 Å². The van der Waals surface area contributed by atoms with Gasteiger partial charge in [-0.25, -0.2) is 4.79 Å². The quantitative estimate of drug-likeness (QED) is 0.603. The lowest BCUT2D eigenvalue weighted by molar-refractivity contribution is -0.142. The number of methoxy groups -OCH3 is 1. The summed E-state index contributed by atoms with van der Waals surface area (Å²) in [5.74, 6) is -0.398. The van der Waals surface area contributed by atoms with Crippen LogP contribution in [0.25, 0.3) is 6.08 Å². The number of amides is 1. The molecule has 1 amide bonds. The summed E-state index contributed by atoms with van der Waals surface area (Å²) >= 11 is 0. The average Bonchev–Trinajstić information content (AvgIpc) is 2.34. The summed E-state index contributed by atoms with van der Waals surface area (Å²) in [6.07, 6.45) is 2.86. The van der Waals surface area contributed by atoms with Gasteiger partial charge in [0, 0.05) is 6.08 Å². The Morgan fingerprint density at radius 3 is 2.47 bits per heavy atom. The van der Waals surface area contributed by atoms with Crippen LogP contribution in [0, 0.1) is 0 Å². The van der Waals surface area contributed by atoms with Crippen LogP contribution in [0.1, 0.15) is 5.56 Å². The summed E-state index contributed by atoms with van der Waals surface area (Å²) in [7, 11) is 1.30. The summed E-state index contributed by atoms with van der Waals surface area (Å²) < 4.78 is 9.58. The second-order valence-corrected chi connectivity index (χ2v) is 3.17. The lowest BCUT2D eigenvalue weighted by Crippen LogP contribution is -2.12. The largest absolute Gasteiger partial charge is 0.482 e. The first-order valence-corrected chi connectivity index (χ1v) is 4.89. The molecule has 0 aliphatic rings. The Morgan fingerprint density at radius 2 is 1.94 bits per heavy atom. The van der Waals surface area contributed by atoms with Gasteiger partial charge in [-0.15, -0.1) is 0 Å². The van der Waals surface area contributed by atoms with Crippen LogP contribution in [0.5, 0.6) is 5.75 Å².